The van der Waals surface area contributed by atoms with Gasteiger partial charge in [-0.05, 0) is 26.2 Å². The molecule has 0 spiro atoms. The molecule has 0 aliphatic carbocycles. The van der Waals surface area contributed by atoms with Crippen molar-refractivity contribution < 1.29 is 22.9 Å². The molecule has 0 aromatic rings. The van der Waals surface area contributed by atoms with Crippen LogP contribution in [0.2, 0.25) is 6.04 Å². The van der Waals surface area contributed by atoms with Crippen LogP contribution in [0.15, 0.2) is 0 Å². The minimum Gasteiger partial charge on any atom is -0.464 e. The van der Waals surface area contributed by atoms with Gasteiger partial charge in [-0.2, -0.15) is 0 Å². The predicted octanol–water partition coefficient (Wildman–Crippen LogP) is 14.8. The molecule has 292 valence electrons. The molecule has 0 atom stereocenters. The van der Waals surface area contributed by atoms with E-state index in [1.165, 1.54) is 167 Å². The molecule has 0 saturated carbocycles. The zero-order valence-corrected chi connectivity index (χ0v) is 34.7. The van der Waals surface area contributed by atoms with Gasteiger partial charge >= 0.3 is 8.80 Å². The van der Waals surface area contributed by atoms with Crippen LogP contribution >= 0.6 is 0 Å². The third-order valence-electron chi connectivity index (χ3n) is 9.96. The quantitative estimate of drug-likeness (QED) is 0.0468. The summed E-state index contributed by atoms with van der Waals surface area (Å²) in [6.45, 7) is 8.99. The van der Waals surface area contributed by atoms with Crippen LogP contribution in [0, 0.1) is 0 Å². The van der Waals surface area contributed by atoms with E-state index in [4.69, 9.17) is 13.3 Å². The lowest BCUT2D eigenvalue weighted by Crippen LogP contribution is -2.49. The third kappa shape index (κ3) is 34.0. The highest BCUT2D eigenvalue weighted by atomic mass is 28.4. The first kappa shape index (κ1) is 48.1. The first-order valence-corrected chi connectivity index (χ1v) is 24.0. The van der Waals surface area contributed by atoms with Crippen LogP contribution in [0.4, 0.5) is 0 Å². The average Bonchev–Trinajstić information content (AvgIpc) is 3.08. The van der Waals surface area contributed by atoms with E-state index < -0.39 is 8.80 Å². The van der Waals surface area contributed by atoms with Crippen molar-refractivity contribution in [3.63, 3.8) is 0 Å². The molecular formula is C43H86O5Si. The summed E-state index contributed by atoms with van der Waals surface area (Å²) in [6.07, 6.45) is 42.6. The Bertz CT molecular complexity index is 652. The molecule has 0 aliphatic heterocycles. The Morgan fingerprint density at radius 2 is 0.592 bits per heavy atom. The van der Waals surface area contributed by atoms with Crippen molar-refractivity contribution in [2.24, 2.45) is 0 Å². The van der Waals surface area contributed by atoms with Gasteiger partial charge in [-0.25, -0.2) is 0 Å². The molecule has 0 unspecified atom stereocenters. The monoisotopic (exact) mass is 711 g/mol. The van der Waals surface area contributed by atoms with Crippen molar-refractivity contribution in [1.29, 1.82) is 0 Å². The highest BCUT2D eigenvalue weighted by Crippen LogP contribution is 2.23. The van der Waals surface area contributed by atoms with E-state index in [0.29, 0.717) is 25.5 Å². The van der Waals surface area contributed by atoms with E-state index in [2.05, 4.69) is 20.8 Å². The maximum atomic E-state index is 12.9. The highest BCUT2D eigenvalue weighted by Gasteiger charge is 2.48. The molecule has 0 heterocycles. The Balaban J connectivity index is 4.16. The Kier molecular flexibility index (Phi) is 37.7. The summed E-state index contributed by atoms with van der Waals surface area (Å²) in [5, 5.41) is 0. The van der Waals surface area contributed by atoms with Crippen molar-refractivity contribution in [3.8, 4) is 0 Å². The number of carbonyl (C=O) groups is 2. The van der Waals surface area contributed by atoms with Gasteiger partial charge in [-0.1, -0.05) is 213 Å². The van der Waals surface area contributed by atoms with Crippen LogP contribution in [-0.2, 0) is 22.9 Å². The molecule has 49 heavy (non-hydrogen) atoms. The molecule has 0 saturated heterocycles. The zero-order chi connectivity index (χ0) is 35.9. The zero-order valence-electron chi connectivity index (χ0n) is 33.7. The molecule has 0 fully saturated rings. The molecule has 0 amide bonds. The smallest absolute Gasteiger partial charge is 0.464 e. The Hall–Kier alpha value is -0.883. The summed E-state index contributed by atoms with van der Waals surface area (Å²) in [5.74, 6) is -0.517. The normalized spacial score (nSPS) is 11.7. The fourth-order valence-electron chi connectivity index (χ4n) is 6.80. The second-order valence-electron chi connectivity index (χ2n) is 14.9. The third-order valence-corrected chi connectivity index (χ3v) is 12.7. The summed E-state index contributed by atoms with van der Waals surface area (Å²) in [7, 11) is -3.38. The molecule has 6 heteroatoms. The SMILES string of the molecule is CCCCCCCCCCCCCCCCCC(=O)O[Si](CCCCC)(OCC)OC(=O)CCCCCCCCCCCCCCCCC. The van der Waals surface area contributed by atoms with Crippen LogP contribution in [-0.4, -0.2) is 27.3 Å². The molecular weight excluding hydrogens is 625 g/mol. The molecule has 0 N–H and O–H groups in total. The minimum atomic E-state index is -3.38. The summed E-state index contributed by atoms with van der Waals surface area (Å²) in [6, 6.07) is 0.532. The molecule has 0 bridgehead atoms. The van der Waals surface area contributed by atoms with E-state index in [0.717, 1.165) is 44.9 Å². The molecule has 5 nitrogen and oxygen atoms in total. The number of rotatable bonds is 40. The topological polar surface area (TPSA) is 61.8 Å². The lowest BCUT2D eigenvalue weighted by molar-refractivity contribution is -0.146. The van der Waals surface area contributed by atoms with Gasteiger partial charge in [-0.3, -0.25) is 9.59 Å². The molecule has 0 radical (unpaired) electrons. The first-order chi connectivity index (χ1) is 24.0. The minimum absolute atomic E-state index is 0.258. The second kappa shape index (κ2) is 38.4. The fraction of sp³-hybridized carbons (Fsp3) is 0.953. The Morgan fingerprint density at radius 3 is 0.857 bits per heavy atom. The number of unbranched alkanes of at least 4 members (excludes halogenated alkanes) is 30. The first-order valence-electron chi connectivity index (χ1n) is 22.1. The van der Waals surface area contributed by atoms with Crippen LogP contribution in [0.3, 0.4) is 0 Å². The van der Waals surface area contributed by atoms with Gasteiger partial charge in [0.1, 0.15) is 0 Å². The lowest BCUT2D eigenvalue weighted by Gasteiger charge is -2.28. The Labute approximate surface area is 307 Å². The van der Waals surface area contributed by atoms with E-state index >= 15 is 0 Å². The van der Waals surface area contributed by atoms with Crippen molar-refractivity contribution in [3.05, 3.63) is 0 Å². The largest absolute Gasteiger partial charge is 0.636 e. The van der Waals surface area contributed by atoms with Gasteiger partial charge in [0, 0.05) is 25.5 Å². The number of carbonyl (C=O) groups excluding carboxylic acids is 2. The molecule has 0 rings (SSSR count). The highest BCUT2D eigenvalue weighted by molar-refractivity contribution is 6.64. The van der Waals surface area contributed by atoms with E-state index in [1.807, 2.05) is 6.92 Å². The molecule has 0 aliphatic rings. The van der Waals surface area contributed by atoms with Gasteiger partial charge in [0.2, 0.25) is 0 Å². The summed E-state index contributed by atoms with van der Waals surface area (Å²) >= 11 is 0. The fourth-order valence-corrected chi connectivity index (χ4v) is 9.32. The average molecular weight is 711 g/mol. The maximum Gasteiger partial charge on any atom is 0.636 e. The van der Waals surface area contributed by atoms with Gasteiger partial charge in [-0.15, -0.1) is 0 Å². The van der Waals surface area contributed by atoms with Crippen LogP contribution < -0.4 is 0 Å². The van der Waals surface area contributed by atoms with Crippen LogP contribution in [0.25, 0.3) is 0 Å². The predicted molar refractivity (Wildman–Crippen MR) is 213 cm³/mol. The Morgan fingerprint density at radius 1 is 0.347 bits per heavy atom. The van der Waals surface area contributed by atoms with Crippen molar-refractivity contribution in [2.45, 2.75) is 258 Å². The van der Waals surface area contributed by atoms with E-state index in [9.17, 15) is 9.59 Å². The van der Waals surface area contributed by atoms with E-state index in [1.54, 1.807) is 0 Å². The van der Waals surface area contributed by atoms with Crippen molar-refractivity contribution >= 4 is 20.7 Å². The van der Waals surface area contributed by atoms with E-state index in [-0.39, 0.29) is 11.9 Å². The summed E-state index contributed by atoms with van der Waals surface area (Å²) in [5.41, 5.74) is 0. The van der Waals surface area contributed by atoms with Crippen molar-refractivity contribution in [2.75, 3.05) is 6.61 Å². The van der Waals surface area contributed by atoms with Crippen LogP contribution in [0.1, 0.15) is 252 Å². The second-order valence-corrected chi connectivity index (χ2v) is 17.5. The molecule has 0 aromatic carbocycles. The maximum absolute atomic E-state index is 12.9. The van der Waals surface area contributed by atoms with Crippen molar-refractivity contribution in [1.82, 2.24) is 0 Å². The number of hydrogen-bond acceptors (Lipinski definition) is 5. The lowest BCUT2D eigenvalue weighted by atomic mass is 10.0. The summed E-state index contributed by atoms with van der Waals surface area (Å²) in [4.78, 5) is 25.9. The number of hydrogen-bond donors (Lipinski definition) is 0. The van der Waals surface area contributed by atoms with Gasteiger partial charge < -0.3 is 13.3 Å². The molecule has 0 aromatic heterocycles. The summed E-state index contributed by atoms with van der Waals surface area (Å²) < 4.78 is 18.0. The van der Waals surface area contributed by atoms with Gasteiger partial charge in [0.25, 0.3) is 11.9 Å². The van der Waals surface area contributed by atoms with Gasteiger partial charge in [0.05, 0.1) is 0 Å². The van der Waals surface area contributed by atoms with Crippen LogP contribution in [0.5, 0.6) is 0 Å². The standard InChI is InChI=1S/C43H86O5Si/c1-5-9-12-14-16-18-20-22-24-26-28-30-32-34-36-39-42(44)47-49(46-8-4,41-38-11-7-3)48-43(45)40-37-35-33-31-29-27-25-23-21-19-17-15-13-10-6-2/h5-41H2,1-4H3. The van der Waals surface area contributed by atoms with Gasteiger partial charge in [0.15, 0.2) is 0 Å².